The maximum absolute atomic E-state index is 12.5. The van der Waals surface area contributed by atoms with E-state index in [1.807, 2.05) is 77.2 Å². The Morgan fingerprint density at radius 2 is 1.68 bits per heavy atom. The molecular formula is C23H23N5O2S. The minimum absolute atomic E-state index is 0.0170. The number of rotatable bonds is 5. The number of hydrogen-bond acceptors (Lipinski definition) is 6. The van der Waals surface area contributed by atoms with Gasteiger partial charge in [0.05, 0.1) is 16.1 Å². The van der Waals surface area contributed by atoms with Gasteiger partial charge in [-0.15, -0.1) is 0 Å². The largest absolute Gasteiger partial charge is 0.484 e. The molecule has 8 heteroatoms. The number of carbonyl (C=O) groups is 1. The van der Waals surface area contributed by atoms with Gasteiger partial charge in [-0.3, -0.25) is 4.79 Å². The number of fused-ring (bicyclic) bond motifs is 1. The third kappa shape index (κ3) is 3.98. The van der Waals surface area contributed by atoms with Crippen molar-refractivity contribution in [3.8, 4) is 11.4 Å². The van der Waals surface area contributed by atoms with E-state index in [0.29, 0.717) is 18.8 Å². The molecule has 0 unspecified atom stereocenters. The third-order valence-corrected chi connectivity index (χ3v) is 6.60. The lowest BCUT2D eigenvalue weighted by atomic mass is 10.3. The second kappa shape index (κ2) is 8.39. The average Bonchev–Trinajstić information content (AvgIpc) is 3.39. The van der Waals surface area contributed by atoms with E-state index >= 15 is 0 Å². The van der Waals surface area contributed by atoms with Gasteiger partial charge in [-0.25, -0.2) is 4.68 Å². The number of ether oxygens (including phenoxy) is 1. The highest BCUT2D eigenvalue weighted by atomic mass is 32.1. The molecule has 1 fully saturated rings. The van der Waals surface area contributed by atoms with Crippen LogP contribution >= 0.6 is 11.3 Å². The van der Waals surface area contributed by atoms with Gasteiger partial charge in [-0.05, 0) is 31.2 Å². The number of thiazole rings is 1. The summed E-state index contributed by atoms with van der Waals surface area (Å²) in [4.78, 5) is 21.5. The summed E-state index contributed by atoms with van der Waals surface area (Å²) in [5.41, 5.74) is 2.87. The van der Waals surface area contributed by atoms with Crippen molar-refractivity contribution in [1.82, 2.24) is 19.7 Å². The monoisotopic (exact) mass is 433 g/mol. The molecule has 0 bridgehead atoms. The quantitative estimate of drug-likeness (QED) is 0.482. The van der Waals surface area contributed by atoms with Crippen LogP contribution in [0.2, 0.25) is 0 Å². The topological polar surface area (TPSA) is 63.5 Å². The maximum atomic E-state index is 12.5. The molecule has 1 aliphatic rings. The number of aryl methyl sites for hydroxylation is 1. The number of nitrogens with zero attached hydrogens (tertiary/aromatic N) is 5. The zero-order valence-electron chi connectivity index (χ0n) is 17.3. The summed E-state index contributed by atoms with van der Waals surface area (Å²) < 4.78 is 8.62. The van der Waals surface area contributed by atoms with Crippen molar-refractivity contribution in [3.63, 3.8) is 0 Å². The van der Waals surface area contributed by atoms with Crippen LogP contribution in [0.25, 0.3) is 16.0 Å². The highest BCUT2D eigenvalue weighted by molar-refractivity contribution is 7.22. The van der Waals surface area contributed by atoms with Crippen molar-refractivity contribution in [2.75, 3.05) is 37.7 Å². The van der Waals surface area contributed by atoms with Gasteiger partial charge >= 0.3 is 0 Å². The first-order valence-corrected chi connectivity index (χ1v) is 11.1. The Labute approximate surface area is 184 Å². The van der Waals surface area contributed by atoms with Crippen LogP contribution in [-0.4, -0.2) is 58.4 Å². The van der Waals surface area contributed by atoms with Gasteiger partial charge in [0, 0.05) is 26.2 Å². The zero-order valence-corrected chi connectivity index (χ0v) is 18.1. The normalized spacial score (nSPS) is 14.2. The van der Waals surface area contributed by atoms with Gasteiger partial charge in [0.1, 0.15) is 5.75 Å². The molecule has 1 saturated heterocycles. The van der Waals surface area contributed by atoms with Crippen molar-refractivity contribution < 1.29 is 9.53 Å². The van der Waals surface area contributed by atoms with Crippen LogP contribution in [0.4, 0.5) is 5.13 Å². The Balaban J connectivity index is 1.25. The van der Waals surface area contributed by atoms with Crippen LogP contribution < -0.4 is 9.64 Å². The highest BCUT2D eigenvalue weighted by Gasteiger charge is 2.25. The van der Waals surface area contributed by atoms with Crippen LogP contribution in [0, 0.1) is 6.92 Å². The van der Waals surface area contributed by atoms with Gasteiger partial charge in [0.2, 0.25) is 0 Å². The molecule has 7 nitrogen and oxygen atoms in total. The van der Waals surface area contributed by atoms with Gasteiger partial charge in [0.25, 0.3) is 5.91 Å². The Morgan fingerprint density at radius 1 is 1.00 bits per heavy atom. The van der Waals surface area contributed by atoms with E-state index in [2.05, 4.69) is 10.00 Å². The number of benzene rings is 2. The molecular weight excluding hydrogens is 410 g/mol. The highest BCUT2D eigenvalue weighted by Crippen LogP contribution is 2.32. The molecule has 0 aliphatic carbocycles. The zero-order chi connectivity index (χ0) is 21.2. The van der Waals surface area contributed by atoms with Gasteiger partial charge in [0.15, 0.2) is 17.4 Å². The summed E-state index contributed by atoms with van der Waals surface area (Å²) in [6.07, 6.45) is 0. The van der Waals surface area contributed by atoms with Gasteiger partial charge in [-0.2, -0.15) is 10.1 Å². The van der Waals surface area contributed by atoms with E-state index in [0.717, 1.165) is 39.9 Å². The number of para-hydroxylation sites is 2. The van der Waals surface area contributed by atoms with Crippen molar-refractivity contribution >= 4 is 32.7 Å². The number of piperazine rings is 1. The molecule has 0 spiro atoms. The van der Waals surface area contributed by atoms with E-state index in [9.17, 15) is 4.79 Å². The molecule has 0 atom stereocenters. The molecule has 158 valence electrons. The summed E-state index contributed by atoms with van der Waals surface area (Å²) in [6, 6.07) is 19.5. The molecule has 5 rings (SSSR count). The second-order valence-corrected chi connectivity index (χ2v) is 8.43. The Hall–Kier alpha value is -3.39. The lowest BCUT2D eigenvalue weighted by molar-refractivity contribution is -0.133. The second-order valence-electron chi connectivity index (χ2n) is 7.45. The van der Waals surface area contributed by atoms with E-state index in [4.69, 9.17) is 9.72 Å². The van der Waals surface area contributed by atoms with Crippen molar-refractivity contribution in [2.24, 2.45) is 0 Å². The van der Waals surface area contributed by atoms with Crippen molar-refractivity contribution in [1.29, 1.82) is 0 Å². The molecule has 0 N–H and O–H groups in total. The Morgan fingerprint density at radius 3 is 2.39 bits per heavy atom. The summed E-state index contributed by atoms with van der Waals surface area (Å²) in [5.74, 6) is 0.732. The number of amides is 1. The van der Waals surface area contributed by atoms with Gasteiger partial charge in [-0.1, -0.05) is 47.7 Å². The fourth-order valence-electron chi connectivity index (χ4n) is 3.71. The fourth-order valence-corrected chi connectivity index (χ4v) is 4.75. The number of hydrogen-bond donors (Lipinski definition) is 0. The van der Waals surface area contributed by atoms with E-state index < -0.39 is 0 Å². The number of carbonyl (C=O) groups excluding carboxylic acids is 1. The van der Waals surface area contributed by atoms with Crippen LogP contribution in [-0.2, 0) is 4.79 Å². The van der Waals surface area contributed by atoms with E-state index in [-0.39, 0.29) is 12.5 Å². The minimum atomic E-state index is 0.0170. The fraction of sp³-hybridized carbons (Fsp3) is 0.261. The van der Waals surface area contributed by atoms with Crippen molar-refractivity contribution in [3.05, 3.63) is 66.4 Å². The molecule has 31 heavy (non-hydrogen) atoms. The molecule has 3 heterocycles. The van der Waals surface area contributed by atoms with Crippen LogP contribution in [0.3, 0.4) is 0 Å². The lowest BCUT2D eigenvalue weighted by Gasteiger charge is -2.34. The first-order valence-electron chi connectivity index (χ1n) is 10.3. The predicted octanol–water partition coefficient (Wildman–Crippen LogP) is 3.52. The van der Waals surface area contributed by atoms with Crippen LogP contribution in [0.5, 0.6) is 5.75 Å². The summed E-state index contributed by atoms with van der Waals surface area (Å²) >= 11 is 1.67. The molecule has 1 aliphatic heterocycles. The average molecular weight is 434 g/mol. The third-order valence-electron chi connectivity index (χ3n) is 5.39. The minimum Gasteiger partial charge on any atom is -0.484 e. The smallest absolute Gasteiger partial charge is 0.260 e. The first-order chi connectivity index (χ1) is 15.2. The maximum Gasteiger partial charge on any atom is 0.260 e. The number of anilines is 1. The Kier molecular flexibility index (Phi) is 5.30. The molecule has 4 aromatic rings. The molecule has 2 aromatic carbocycles. The number of aromatic nitrogens is 3. The molecule has 0 radical (unpaired) electrons. The molecule has 0 saturated carbocycles. The van der Waals surface area contributed by atoms with Gasteiger partial charge < -0.3 is 14.5 Å². The van der Waals surface area contributed by atoms with E-state index in [1.54, 1.807) is 11.3 Å². The molecule has 2 aromatic heterocycles. The standard InChI is InChI=1S/C23H23N5O2S/c1-17-21-22(28(25-17)18-8-4-2-5-9-18)24-23(31-21)27-14-12-26(13-15-27)20(29)16-30-19-10-6-3-7-11-19/h2-11H,12-16H2,1H3. The summed E-state index contributed by atoms with van der Waals surface area (Å²) in [6.45, 7) is 4.92. The van der Waals surface area contributed by atoms with Crippen molar-refractivity contribution in [2.45, 2.75) is 6.92 Å². The summed E-state index contributed by atoms with van der Waals surface area (Å²) in [7, 11) is 0. The predicted molar refractivity (Wildman–Crippen MR) is 122 cm³/mol. The van der Waals surface area contributed by atoms with Crippen LogP contribution in [0.15, 0.2) is 60.7 Å². The SMILES string of the molecule is Cc1nn(-c2ccccc2)c2nc(N3CCN(C(=O)COc4ccccc4)CC3)sc12. The van der Waals surface area contributed by atoms with E-state index in [1.165, 1.54) is 0 Å². The summed E-state index contributed by atoms with van der Waals surface area (Å²) in [5, 5.41) is 5.65. The lowest BCUT2D eigenvalue weighted by Crippen LogP contribution is -2.50. The molecule has 1 amide bonds. The van der Waals surface area contributed by atoms with Crippen LogP contribution in [0.1, 0.15) is 5.69 Å². The Bertz CT molecular complexity index is 1180. The first kappa shape index (κ1) is 19.6.